The van der Waals surface area contributed by atoms with Gasteiger partial charge < -0.3 is 5.32 Å². The second kappa shape index (κ2) is 6.65. The van der Waals surface area contributed by atoms with E-state index >= 15 is 0 Å². The van der Waals surface area contributed by atoms with Crippen LogP contribution in [0.2, 0.25) is 0 Å². The standard InChI is InChI=1S/C13H18FNO3S/c1-10(9-11-3-5-12(14)6-4-11)13(16)15-7-8-19(2,17)18/h3-6,10H,7-9H2,1-2H3,(H,15,16). The molecule has 1 rings (SSSR count). The topological polar surface area (TPSA) is 63.2 Å². The molecule has 1 aromatic carbocycles. The minimum absolute atomic E-state index is 0.0675. The van der Waals surface area contributed by atoms with Gasteiger partial charge in [-0.2, -0.15) is 0 Å². The molecule has 0 bridgehead atoms. The molecule has 0 radical (unpaired) electrons. The quantitative estimate of drug-likeness (QED) is 0.854. The van der Waals surface area contributed by atoms with Gasteiger partial charge in [0, 0.05) is 18.7 Å². The highest BCUT2D eigenvalue weighted by atomic mass is 32.2. The summed E-state index contributed by atoms with van der Waals surface area (Å²) < 4.78 is 34.6. The normalized spacial score (nSPS) is 13.0. The van der Waals surface area contributed by atoms with E-state index in [-0.39, 0.29) is 29.9 Å². The molecule has 0 saturated carbocycles. The molecule has 0 aliphatic rings. The minimum atomic E-state index is -3.07. The van der Waals surface area contributed by atoms with E-state index in [1.807, 2.05) is 0 Å². The highest BCUT2D eigenvalue weighted by molar-refractivity contribution is 7.90. The van der Waals surface area contributed by atoms with E-state index < -0.39 is 9.84 Å². The predicted octanol–water partition coefficient (Wildman–Crippen LogP) is 1.17. The zero-order valence-electron chi connectivity index (χ0n) is 11.0. The van der Waals surface area contributed by atoms with Crippen molar-refractivity contribution in [3.8, 4) is 0 Å². The molecule has 0 heterocycles. The van der Waals surface area contributed by atoms with Crippen molar-refractivity contribution in [2.75, 3.05) is 18.6 Å². The number of halogens is 1. The first-order chi connectivity index (χ1) is 8.78. The van der Waals surface area contributed by atoms with Crippen molar-refractivity contribution in [1.82, 2.24) is 5.32 Å². The Morgan fingerprint density at radius 1 is 1.32 bits per heavy atom. The second-order valence-corrected chi connectivity index (χ2v) is 6.91. The average molecular weight is 287 g/mol. The van der Waals surface area contributed by atoms with E-state index in [0.717, 1.165) is 11.8 Å². The summed E-state index contributed by atoms with van der Waals surface area (Å²) >= 11 is 0. The van der Waals surface area contributed by atoms with Crippen LogP contribution in [0.1, 0.15) is 12.5 Å². The number of sulfone groups is 1. The van der Waals surface area contributed by atoms with Gasteiger partial charge in [0.25, 0.3) is 0 Å². The van der Waals surface area contributed by atoms with Crippen LogP contribution in [0, 0.1) is 11.7 Å². The number of rotatable bonds is 6. The molecule has 0 saturated heterocycles. The molecule has 1 aromatic rings. The number of amides is 1. The van der Waals surface area contributed by atoms with Crippen molar-refractivity contribution in [1.29, 1.82) is 0 Å². The Bertz CT molecular complexity index is 525. The Balaban J connectivity index is 2.42. The van der Waals surface area contributed by atoms with Gasteiger partial charge in [-0.3, -0.25) is 4.79 Å². The Hall–Kier alpha value is -1.43. The van der Waals surface area contributed by atoms with Crippen LogP contribution in [0.3, 0.4) is 0 Å². The number of hydrogen-bond acceptors (Lipinski definition) is 3. The van der Waals surface area contributed by atoms with Gasteiger partial charge in [0.1, 0.15) is 15.7 Å². The van der Waals surface area contributed by atoms with Crippen molar-refractivity contribution in [2.24, 2.45) is 5.92 Å². The van der Waals surface area contributed by atoms with Crippen LogP contribution in [-0.4, -0.2) is 32.9 Å². The van der Waals surface area contributed by atoms with Gasteiger partial charge in [0.2, 0.25) is 5.91 Å². The fourth-order valence-corrected chi connectivity index (χ4v) is 2.07. The monoisotopic (exact) mass is 287 g/mol. The van der Waals surface area contributed by atoms with E-state index in [1.54, 1.807) is 19.1 Å². The molecule has 1 unspecified atom stereocenters. The van der Waals surface area contributed by atoms with Crippen LogP contribution in [-0.2, 0) is 21.1 Å². The maximum Gasteiger partial charge on any atom is 0.223 e. The Morgan fingerprint density at radius 3 is 2.42 bits per heavy atom. The molecule has 1 atom stereocenters. The summed E-state index contributed by atoms with van der Waals surface area (Å²) in [5.74, 6) is -0.867. The number of hydrogen-bond donors (Lipinski definition) is 1. The molecular formula is C13H18FNO3S. The van der Waals surface area contributed by atoms with Gasteiger partial charge in [0.05, 0.1) is 5.75 Å². The van der Waals surface area contributed by atoms with E-state index in [2.05, 4.69) is 5.32 Å². The average Bonchev–Trinajstić information content (AvgIpc) is 2.30. The number of benzene rings is 1. The molecule has 1 amide bonds. The molecule has 0 aliphatic heterocycles. The van der Waals surface area contributed by atoms with Crippen molar-refractivity contribution < 1.29 is 17.6 Å². The SMILES string of the molecule is CC(Cc1ccc(F)cc1)C(=O)NCCS(C)(=O)=O. The third-order valence-corrected chi connectivity index (χ3v) is 3.62. The van der Waals surface area contributed by atoms with Crippen LogP contribution >= 0.6 is 0 Å². The molecule has 0 fully saturated rings. The summed E-state index contributed by atoms with van der Waals surface area (Å²) in [7, 11) is -3.07. The Kier molecular flexibility index (Phi) is 5.47. The van der Waals surface area contributed by atoms with Crippen LogP contribution in [0.15, 0.2) is 24.3 Å². The van der Waals surface area contributed by atoms with Gasteiger partial charge in [0.15, 0.2) is 0 Å². The lowest BCUT2D eigenvalue weighted by Crippen LogP contribution is -2.33. The van der Waals surface area contributed by atoms with E-state index in [1.165, 1.54) is 12.1 Å². The maximum absolute atomic E-state index is 12.7. The molecule has 4 nitrogen and oxygen atoms in total. The van der Waals surface area contributed by atoms with Gasteiger partial charge in [-0.05, 0) is 24.1 Å². The van der Waals surface area contributed by atoms with Gasteiger partial charge >= 0.3 is 0 Å². The van der Waals surface area contributed by atoms with Gasteiger partial charge in [-0.15, -0.1) is 0 Å². The third kappa shape index (κ3) is 6.33. The molecule has 0 aromatic heterocycles. The molecule has 1 N–H and O–H groups in total. The molecule has 0 aliphatic carbocycles. The summed E-state index contributed by atoms with van der Waals surface area (Å²) in [6, 6.07) is 5.97. The first kappa shape index (κ1) is 15.6. The van der Waals surface area contributed by atoms with Gasteiger partial charge in [-0.25, -0.2) is 12.8 Å². The van der Waals surface area contributed by atoms with Crippen molar-refractivity contribution in [3.05, 3.63) is 35.6 Å². The highest BCUT2D eigenvalue weighted by Gasteiger charge is 2.13. The second-order valence-electron chi connectivity index (χ2n) is 4.65. The Labute approximate surface area is 112 Å². The van der Waals surface area contributed by atoms with Crippen LogP contribution in [0.4, 0.5) is 4.39 Å². The predicted molar refractivity (Wildman–Crippen MR) is 72.0 cm³/mol. The van der Waals surface area contributed by atoms with Gasteiger partial charge in [-0.1, -0.05) is 19.1 Å². The van der Waals surface area contributed by atoms with Crippen LogP contribution in [0.5, 0.6) is 0 Å². The molecule has 0 spiro atoms. The molecule has 106 valence electrons. The van der Waals surface area contributed by atoms with Crippen LogP contribution in [0.25, 0.3) is 0 Å². The fraction of sp³-hybridized carbons (Fsp3) is 0.462. The van der Waals surface area contributed by atoms with Crippen molar-refractivity contribution in [3.63, 3.8) is 0 Å². The summed E-state index contributed by atoms with van der Waals surface area (Å²) in [5, 5.41) is 2.58. The highest BCUT2D eigenvalue weighted by Crippen LogP contribution is 2.09. The number of carbonyl (C=O) groups is 1. The molecule has 19 heavy (non-hydrogen) atoms. The summed E-state index contributed by atoms with van der Waals surface area (Å²) in [4.78, 5) is 11.7. The van der Waals surface area contributed by atoms with E-state index in [4.69, 9.17) is 0 Å². The minimum Gasteiger partial charge on any atom is -0.355 e. The lowest BCUT2D eigenvalue weighted by Gasteiger charge is -2.12. The van der Waals surface area contributed by atoms with E-state index in [0.29, 0.717) is 6.42 Å². The zero-order chi connectivity index (χ0) is 14.5. The number of carbonyl (C=O) groups excluding carboxylic acids is 1. The molecule has 6 heteroatoms. The third-order valence-electron chi connectivity index (χ3n) is 2.67. The summed E-state index contributed by atoms with van der Waals surface area (Å²) in [5.41, 5.74) is 0.868. The first-order valence-electron chi connectivity index (χ1n) is 5.98. The first-order valence-corrected chi connectivity index (χ1v) is 8.04. The van der Waals surface area contributed by atoms with Crippen LogP contribution < -0.4 is 5.32 Å². The smallest absolute Gasteiger partial charge is 0.223 e. The zero-order valence-corrected chi connectivity index (χ0v) is 11.8. The molecular weight excluding hydrogens is 269 g/mol. The van der Waals surface area contributed by atoms with E-state index in [9.17, 15) is 17.6 Å². The lowest BCUT2D eigenvalue weighted by atomic mass is 10.0. The fourth-order valence-electron chi connectivity index (χ4n) is 1.60. The van der Waals surface area contributed by atoms with Crippen molar-refractivity contribution >= 4 is 15.7 Å². The lowest BCUT2D eigenvalue weighted by molar-refractivity contribution is -0.124. The van der Waals surface area contributed by atoms with Crippen molar-refractivity contribution in [2.45, 2.75) is 13.3 Å². The Morgan fingerprint density at radius 2 is 1.89 bits per heavy atom. The summed E-state index contributed by atoms with van der Waals surface area (Å²) in [6.07, 6.45) is 1.62. The largest absolute Gasteiger partial charge is 0.355 e. The summed E-state index contributed by atoms with van der Waals surface area (Å²) in [6.45, 7) is 1.87. The maximum atomic E-state index is 12.7. The number of nitrogens with one attached hydrogen (secondary N) is 1.